The van der Waals surface area contributed by atoms with Crippen molar-refractivity contribution in [3.8, 4) is 0 Å². The monoisotopic (exact) mass is 185 g/mol. The molecule has 76 valence electrons. The van der Waals surface area contributed by atoms with Gasteiger partial charge in [-0.25, -0.2) is 4.79 Å². The predicted octanol–water partition coefficient (Wildman–Crippen LogP) is 1.83. The minimum Gasteiger partial charge on any atom is -0.464 e. The maximum atomic E-state index is 11.0. The van der Waals surface area contributed by atoms with Crippen LogP contribution in [-0.2, 0) is 9.53 Å². The first-order valence-corrected chi connectivity index (χ1v) is 4.31. The van der Waals surface area contributed by atoms with Gasteiger partial charge in [-0.05, 0) is 24.3 Å². The number of allylic oxidation sites excluding steroid dienone is 1. The molecule has 3 heteroatoms. The topological polar surface area (TPSA) is 52.3 Å². The number of methoxy groups -OCH3 is 1. The van der Waals surface area contributed by atoms with Gasteiger partial charge in [0, 0.05) is 0 Å². The van der Waals surface area contributed by atoms with Gasteiger partial charge in [0.25, 0.3) is 0 Å². The second-order valence-corrected chi connectivity index (χ2v) is 4.42. The molecule has 0 radical (unpaired) electrons. The van der Waals surface area contributed by atoms with Gasteiger partial charge in [0.05, 0.1) is 7.11 Å². The fraction of sp³-hybridized carbons (Fsp3) is 0.700. The van der Waals surface area contributed by atoms with Crippen molar-refractivity contribution in [1.29, 1.82) is 0 Å². The number of ether oxygens (including phenoxy) is 1. The van der Waals surface area contributed by atoms with Crippen LogP contribution in [0.25, 0.3) is 0 Å². The summed E-state index contributed by atoms with van der Waals surface area (Å²) in [6.07, 6.45) is 0.800. The van der Waals surface area contributed by atoms with Crippen LogP contribution in [0.5, 0.6) is 0 Å². The zero-order valence-electron chi connectivity index (χ0n) is 9.10. The lowest BCUT2D eigenvalue weighted by atomic mass is 9.88. The van der Waals surface area contributed by atoms with Gasteiger partial charge in [0.1, 0.15) is 5.70 Å². The van der Waals surface area contributed by atoms with Crippen molar-refractivity contribution < 1.29 is 9.53 Å². The Morgan fingerprint density at radius 3 is 2.15 bits per heavy atom. The normalized spacial score (nSPS) is 13.6. The van der Waals surface area contributed by atoms with Crippen molar-refractivity contribution in [3.05, 3.63) is 11.3 Å². The molecular formula is C10H19NO2. The lowest BCUT2D eigenvalue weighted by Crippen LogP contribution is -2.17. The van der Waals surface area contributed by atoms with Crippen LogP contribution in [0.3, 0.4) is 0 Å². The van der Waals surface area contributed by atoms with Gasteiger partial charge < -0.3 is 10.5 Å². The molecule has 0 spiro atoms. The van der Waals surface area contributed by atoms with Crippen LogP contribution < -0.4 is 5.73 Å². The van der Waals surface area contributed by atoms with E-state index in [1.54, 1.807) is 0 Å². The molecule has 0 aliphatic carbocycles. The standard InChI is InChI=1S/C10H19NO2/c1-7(6-10(2,3)4)8(11)9(12)13-5/h6,11H2,1-5H3. The molecule has 0 atom stereocenters. The van der Waals surface area contributed by atoms with E-state index in [2.05, 4.69) is 25.5 Å². The highest BCUT2D eigenvalue weighted by Gasteiger charge is 2.15. The minimum absolute atomic E-state index is 0.142. The summed E-state index contributed by atoms with van der Waals surface area (Å²) in [5.74, 6) is -0.443. The molecule has 0 fully saturated rings. The number of carbonyl (C=O) groups is 1. The Kier molecular flexibility index (Phi) is 3.98. The van der Waals surface area contributed by atoms with E-state index < -0.39 is 5.97 Å². The van der Waals surface area contributed by atoms with Gasteiger partial charge >= 0.3 is 5.97 Å². The molecule has 0 aromatic carbocycles. The molecule has 0 saturated carbocycles. The number of rotatable bonds is 2. The van der Waals surface area contributed by atoms with E-state index >= 15 is 0 Å². The number of nitrogens with two attached hydrogens (primary N) is 1. The van der Waals surface area contributed by atoms with Gasteiger partial charge in [-0.15, -0.1) is 0 Å². The van der Waals surface area contributed by atoms with E-state index in [0.717, 1.165) is 12.0 Å². The maximum Gasteiger partial charge on any atom is 0.353 e. The summed E-state index contributed by atoms with van der Waals surface area (Å²) in [5.41, 5.74) is 6.85. The smallest absolute Gasteiger partial charge is 0.353 e. The quantitative estimate of drug-likeness (QED) is 0.527. The largest absolute Gasteiger partial charge is 0.464 e. The molecular weight excluding hydrogens is 166 g/mol. The average molecular weight is 185 g/mol. The Balaban J connectivity index is 4.54. The van der Waals surface area contributed by atoms with Crippen molar-refractivity contribution in [2.45, 2.75) is 34.1 Å². The molecule has 0 aliphatic rings. The molecule has 0 amide bonds. The van der Waals surface area contributed by atoms with E-state index in [0.29, 0.717) is 0 Å². The summed E-state index contributed by atoms with van der Waals surface area (Å²) in [4.78, 5) is 11.0. The molecule has 0 aromatic heterocycles. The second kappa shape index (κ2) is 4.30. The number of hydrogen-bond donors (Lipinski definition) is 1. The summed E-state index contributed by atoms with van der Waals surface area (Å²) < 4.78 is 4.53. The molecule has 13 heavy (non-hydrogen) atoms. The van der Waals surface area contributed by atoms with Crippen LogP contribution in [-0.4, -0.2) is 13.1 Å². The SMILES string of the molecule is COC(=O)C(N)=C(C)CC(C)(C)C. The summed E-state index contributed by atoms with van der Waals surface area (Å²) in [6, 6.07) is 0. The summed E-state index contributed by atoms with van der Waals surface area (Å²) >= 11 is 0. The lowest BCUT2D eigenvalue weighted by molar-refractivity contribution is -0.136. The highest BCUT2D eigenvalue weighted by molar-refractivity contribution is 5.88. The van der Waals surface area contributed by atoms with E-state index in [4.69, 9.17) is 5.73 Å². The highest BCUT2D eigenvalue weighted by atomic mass is 16.5. The molecule has 0 heterocycles. The molecule has 0 bridgehead atoms. The van der Waals surface area contributed by atoms with Crippen LogP contribution in [0, 0.1) is 5.41 Å². The number of carbonyl (C=O) groups excluding carboxylic acids is 1. The number of esters is 1. The number of hydrogen-bond acceptors (Lipinski definition) is 3. The van der Waals surface area contributed by atoms with Crippen LogP contribution in [0.2, 0.25) is 0 Å². The van der Waals surface area contributed by atoms with Crippen molar-refractivity contribution in [3.63, 3.8) is 0 Å². The van der Waals surface area contributed by atoms with Crippen molar-refractivity contribution in [2.75, 3.05) is 7.11 Å². The molecule has 0 aromatic rings. The lowest BCUT2D eigenvalue weighted by Gasteiger charge is -2.19. The third-order valence-corrected chi connectivity index (χ3v) is 1.66. The zero-order valence-corrected chi connectivity index (χ0v) is 9.10. The average Bonchev–Trinajstić information content (AvgIpc) is 1.98. The van der Waals surface area contributed by atoms with Crippen LogP contribution in [0.15, 0.2) is 11.3 Å². The van der Waals surface area contributed by atoms with Crippen molar-refractivity contribution in [2.24, 2.45) is 11.1 Å². The first-order valence-electron chi connectivity index (χ1n) is 4.31. The molecule has 3 nitrogen and oxygen atoms in total. The first kappa shape index (κ1) is 12.0. The fourth-order valence-corrected chi connectivity index (χ4v) is 1.17. The third kappa shape index (κ3) is 4.55. The zero-order chi connectivity index (χ0) is 10.6. The van der Waals surface area contributed by atoms with Gasteiger partial charge in [-0.2, -0.15) is 0 Å². The van der Waals surface area contributed by atoms with Gasteiger partial charge in [0.15, 0.2) is 0 Å². The Morgan fingerprint density at radius 1 is 1.38 bits per heavy atom. The Morgan fingerprint density at radius 2 is 1.85 bits per heavy atom. The van der Waals surface area contributed by atoms with Crippen molar-refractivity contribution in [1.82, 2.24) is 0 Å². The minimum atomic E-state index is -0.443. The van der Waals surface area contributed by atoms with Gasteiger partial charge in [-0.3, -0.25) is 0 Å². The first-order chi connectivity index (χ1) is 5.78. The van der Waals surface area contributed by atoms with Crippen LogP contribution >= 0.6 is 0 Å². The van der Waals surface area contributed by atoms with E-state index in [1.165, 1.54) is 7.11 Å². The van der Waals surface area contributed by atoms with Crippen LogP contribution in [0.1, 0.15) is 34.1 Å². The van der Waals surface area contributed by atoms with E-state index in [9.17, 15) is 4.79 Å². The van der Waals surface area contributed by atoms with Crippen molar-refractivity contribution >= 4 is 5.97 Å². The van der Waals surface area contributed by atoms with E-state index in [-0.39, 0.29) is 11.1 Å². The molecule has 0 unspecified atom stereocenters. The Labute approximate surface area is 79.9 Å². The van der Waals surface area contributed by atoms with E-state index in [1.807, 2.05) is 6.92 Å². The second-order valence-electron chi connectivity index (χ2n) is 4.42. The van der Waals surface area contributed by atoms with Gasteiger partial charge in [-0.1, -0.05) is 20.8 Å². The summed E-state index contributed by atoms with van der Waals surface area (Å²) in [6.45, 7) is 8.15. The Hall–Kier alpha value is -0.990. The molecule has 0 aliphatic heterocycles. The van der Waals surface area contributed by atoms with Gasteiger partial charge in [0.2, 0.25) is 0 Å². The highest BCUT2D eigenvalue weighted by Crippen LogP contribution is 2.24. The maximum absolute atomic E-state index is 11.0. The fourth-order valence-electron chi connectivity index (χ4n) is 1.17. The third-order valence-electron chi connectivity index (χ3n) is 1.66. The van der Waals surface area contributed by atoms with Crippen LogP contribution in [0.4, 0.5) is 0 Å². The Bertz CT molecular complexity index is 224. The molecule has 0 saturated heterocycles. The predicted molar refractivity (Wildman–Crippen MR) is 53.0 cm³/mol. The molecule has 2 N–H and O–H groups in total. The summed E-state index contributed by atoms with van der Waals surface area (Å²) in [5, 5.41) is 0. The molecule has 0 rings (SSSR count). The summed E-state index contributed by atoms with van der Waals surface area (Å²) in [7, 11) is 1.33.